The van der Waals surface area contributed by atoms with E-state index in [0.29, 0.717) is 12.1 Å². The van der Waals surface area contributed by atoms with Gasteiger partial charge in [0.1, 0.15) is 28.8 Å². The van der Waals surface area contributed by atoms with Crippen LogP contribution in [0.4, 0.5) is 5.82 Å². The van der Waals surface area contributed by atoms with Crippen molar-refractivity contribution in [2.45, 2.75) is 19.9 Å². The largest absolute Gasteiger partial charge is 0.464 e. The molecule has 2 heterocycles. The molecule has 5 nitrogen and oxygen atoms in total. The third-order valence-electron chi connectivity index (χ3n) is 2.49. The van der Waals surface area contributed by atoms with Gasteiger partial charge in [-0.2, -0.15) is 0 Å². The summed E-state index contributed by atoms with van der Waals surface area (Å²) in [6, 6.07) is 3.63. The predicted molar refractivity (Wildman–Crippen MR) is 67.9 cm³/mol. The lowest BCUT2D eigenvalue weighted by atomic mass is 10.2. The number of nitrogens with one attached hydrogen (secondary N) is 1. The molecule has 0 aromatic carbocycles. The van der Waals surface area contributed by atoms with Gasteiger partial charge in [0.05, 0.1) is 11.6 Å². The van der Waals surface area contributed by atoms with Crippen molar-refractivity contribution < 1.29 is 9.21 Å². The van der Waals surface area contributed by atoms with Gasteiger partial charge in [-0.15, -0.1) is 0 Å². The maximum atomic E-state index is 10.9. The van der Waals surface area contributed by atoms with Gasteiger partial charge in [0, 0.05) is 0 Å². The zero-order valence-corrected chi connectivity index (χ0v) is 10.7. The van der Waals surface area contributed by atoms with Crippen molar-refractivity contribution >= 4 is 23.7 Å². The molecule has 0 aliphatic carbocycles. The monoisotopic (exact) mass is 265 g/mol. The average molecular weight is 266 g/mol. The van der Waals surface area contributed by atoms with Crippen LogP contribution < -0.4 is 5.32 Å². The SMILES string of the molecule is Cc1ccc(C(C)Nc2ncnc(Cl)c2C=O)o1. The maximum Gasteiger partial charge on any atom is 0.156 e. The Morgan fingerprint density at radius 1 is 1.44 bits per heavy atom. The minimum atomic E-state index is -0.122. The van der Waals surface area contributed by atoms with Crippen LogP contribution in [0.1, 0.15) is 34.8 Å². The Morgan fingerprint density at radius 2 is 2.22 bits per heavy atom. The summed E-state index contributed by atoms with van der Waals surface area (Å²) in [4.78, 5) is 18.7. The molecule has 2 aromatic rings. The third-order valence-corrected chi connectivity index (χ3v) is 2.80. The number of aromatic nitrogens is 2. The number of hydrogen-bond acceptors (Lipinski definition) is 5. The van der Waals surface area contributed by atoms with E-state index in [0.717, 1.165) is 11.5 Å². The molecule has 0 aliphatic rings. The van der Waals surface area contributed by atoms with Crippen LogP contribution in [0.25, 0.3) is 0 Å². The van der Waals surface area contributed by atoms with Crippen LogP contribution >= 0.6 is 11.6 Å². The molecule has 2 rings (SSSR count). The zero-order chi connectivity index (χ0) is 13.1. The Morgan fingerprint density at radius 3 is 2.83 bits per heavy atom. The van der Waals surface area contributed by atoms with Gasteiger partial charge in [0.15, 0.2) is 6.29 Å². The Labute approximate surface area is 109 Å². The molecule has 6 heteroatoms. The molecule has 1 unspecified atom stereocenters. The molecule has 0 saturated carbocycles. The molecule has 1 N–H and O–H groups in total. The molecular formula is C12H12ClN3O2. The van der Waals surface area contributed by atoms with Crippen molar-refractivity contribution in [3.8, 4) is 0 Å². The van der Waals surface area contributed by atoms with Gasteiger partial charge in [0.25, 0.3) is 0 Å². The van der Waals surface area contributed by atoms with Gasteiger partial charge in [-0.25, -0.2) is 9.97 Å². The van der Waals surface area contributed by atoms with E-state index in [9.17, 15) is 4.79 Å². The van der Waals surface area contributed by atoms with Crippen molar-refractivity contribution in [2.24, 2.45) is 0 Å². The van der Waals surface area contributed by atoms with Gasteiger partial charge in [-0.05, 0) is 26.0 Å². The summed E-state index contributed by atoms with van der Waals surface area (Å²) in [6.45, 7) is 3.78. The van der Waals surface area contributed by atoms with Gasteiger partial charge < -0.3 is 9.73 Å². The first kappa shape index (κ1) is 12.6. The average Bonchev–Trinajstić information content (AvgIpc) is 2.76. The summed E-state index contributed by atoms with van der Waals surface area (Å²) in [7, 11) is 0. The number of aryl methyl sites for hydroxylation is 1. The number of furan rings is 1. The van der Waals surface area contributed by atoms with Crippen LogP contribution in [0.2, 0.25) is 5.15 Å². The second-order valence-electron chi connectivity index (χ2n) is 3.86. The molecule has 2 aromatic heterocycles. The summed E-state index contributed by atoms with van der Waals surface area (Å²) in [6.07, 6.45) is 1.93. The lowest BCUT2D eigenvalue weighted by Gasteiger charge is -2.13. The number of carbonyl (C=O) groups excluding carboxylic acids is 1. The number of halogens is 1. The van der Waals surface area contributed by atoms with E-state index in [1.165, 1.54) is 6.33 Å². The highest BCUT2D eigenvalue weighted by molar-refractivity contribution is 6.32. The maximum absolute atomic E-state index is 10.9. The molecule has 0 bridgehead atoms. The van der Waals surface area contributed by atoms with Gasteiger partial charge in [-0.1, -0.05) is 11.6 Å². The molecule has 1 atom stereocenters. The summed E-state index contributed by atoms with van der Waals surface area (Å²) in [5.74, 6) is 1.99. The van der Waals surface area contributed by atoms with Crippen molar-refractivity contribution in [1.29, 1.82) is 0 Å². The van der Waals surface area contributed by atoms with Crippen molar-refractivity contribution in [3.63, 3.8) is 0 Å². The molecule has 0 aliphatic heterocycles. The molecule has 0 spiro atoms. The topological polar surface area (TPSA) is 68.0 Å². The second-order valence-corrected chi connectivity index (χ2v) is 4.22. The number of carbonyl (C=O) groups is 1. The number of rotatable bonds is 4. The van der Waals surface area contributed by atoms with E-state index in [1.54, 1.807) is 0 Å². The molecule has 18 heavy (non-hydrogen) atoms. The molecule has 0 radical (unpaired) electrons. The highest BCUT2D eigenvalue weighted by atomic mass is 35.5. The van der Waals surface area contributed by atoms with E-state index >= 15 is 0 Å². The standard InChI is InChI=1S/C12H12ClN3O2/c1-7-3-4-10(18-7)8(2)16-12-9(5-17)11(13)14-6-15-12/h3-6,8H,1-2H3,(H,14,15,16). The van der Waals surface area contributed by atoms with E-state index in [1.807, 2.05) is 26.0 Å². The Kier molecular flexibility index (Phi) is 3.62. The van der Waals surface area contributed by atoms with E-state index in [2.05, 4.69) is 15.3 Å². The zero-order valence-electron chi connectivity index (χ0n) is 9.98. The molecule has 0 amide bonds. The first-order chi connectivity index (χ1) is 8.61. The van der Waals surface area contributed by atoms with E-state index in [-0.39, 0.29) is 16.8 Å². The third kappa shape index (κ3) is 2.51. The van der Waals surface area contributed by atoms with Crippen LogP contribution in [-0.4, -0.2) is 16.3 Å². The van der Waals surface area contributed by atoms with Crippen LogP contribution in [0.5, 0.6) is 0 Å². The van der Waals surface area contributed by atoms with Crippen LogP contribution in [0.15, 0.2) is 22.9 Å². The minimum Gasteiger partial charge on any atom is -0.464 e. The Hall–Kier alpha value is -1.88. The van der Waals surface area contributed by atoms with Gasteiger partial charge >= 0.3 is 0 Å². The van der Waals surface area contributed by atoms with Crippen molar-refractivity contribution in [2.75, 3.05) is 5.32 Å². The Balaban J connectivity index is 2.24. The quantitative estimate of drug-likeness (QED) is 0.680. The summed E-state index contributed by atoms with van der Waals surface area (Å²) in [5, 5.41) is 3.20. The minimum absolute atomic E-state index is 0.122. The number of anilines is 1. The lowest BCUT2D eigenvalue weighted by molar-refractivity contribution is 0.112. The fraction of sp³-hybridized carbons (Fsp3) is 0.250. The van der Waals surface area contributed by atoms with E-state index in [4.69, 9.17) is 16.0 Å². The van der Waals surface area contributed by atoms with Gasteiger partial charge in [-0.3, -0.25) is 4.79 Å². The second kappa shape index (κ2) is 5.18. The fourth-order valence-electron chi connectivity index (χ4n) is 1.56. The highest BCUT2D eigenvalue weighted by Gasteiger charge is 2.14. The number of hydrogen-bond donors (Lipinski definition) is 1. The van der Waals surface area contributed by atoms with Crippen molar-refractivity contribution in [3.05, 3.63) is 40.7 Å². The molecule has 94 valence electrons. The van der Waals surface area contributed by atoms with E-state index < -0.39 is 0 Å². The highest BCUT2D eigenvalue weighted by Crippen LogP contribution is 2.23. The summed E-state index contributed by atoms with van der Waals surface area (Å²) in [5.41, 5.74) is 0.245. The molecule has 0 saturated heterocycles. The van der Waals surface area contributed by atoms with Gasteiger partial charge in [0.2, 0.25) is 0 Å². The summed E-state index contributed by atoms with van der Waals surface area (Å²) < 4.78 is 5.49. The first-order valence-electron chi connectivity index (χ1n) is 5.40. The van der Waals surface area contributed by atoms with Crippen LogP contribution in [-0.2, 0) is 0 Å². The molecule has 0 fully saturated rings. The smallest absolute Gasteiger partial charge is 0.156 e. The Bertz CT molecular complexity index is 568. The molecular weight excluding hydrogens is 254 g/mol. The normalized spacial score (nSPS) is 12.2. The first-order valence-corrected chi connectivity index (χ1v) is 5.78. The number of nitrogens with zero attached hydrogens (tertiary/aromatic N) is 2. The summed E-state index contributed by atoms with van der Waals surface area (Å²) >= 11 is 5.82. The fourth-order valence-corrected chi connectivity index (χ4v) is 1.73. The van der Waals surface area contributed by atoms with Crippen molar-refractivity contribution in [1.82, 2.24) is 9.97 Å². The predicted octanol–water partition coefficient (Wildman–Crippen LogP) is 3.02. The lowest BCUT2D eigenvalue weighted by Crippen LogP contribution is -2.10. The van der Waals surface area contributed by atoms with Crippen LogP contribution in [0.3, 0.4) is 0 Å². The van der Waals surface area contributed by atoms with Crippen LogP contribution in [0, 0.1) is 6.92 Å². The number of aldehydes is 1.